The van der Waals surface area contributed by atoms with Gasteiger partial charge in [-0.3, -0.25) is 9.69 Å². The molecule has 108 valence electrons. The van der Waals surface area contributed by atoms with Crippen molar-refractivity contribution in [2.24, 2.45) is 5.92 Å². The Hall–Kier alpha value is -0.910. The molecule has 0 radical (unpaired) electrons. The van der Waals surface area contributed by atoms with Crippen LogP contribution >= 0.6 is 11.3 Å². The van der Waals surface area contributed by atoms with Crippen LogP contribution in [0.2, 0.25) is 0 Å². The van der Waals surface area contributed by atoms with Gasteiger partial charge in [-0.25, -0.2) is 0 Å². The molecule has 0 fully saturated rings. The zero-order valence-electron chi connectivity index (χ0n) is 12.3. The van der Waals surface area contributed by atoms with Crippen LogP contribution in [-0.4, -0.2) is 44.5 Å². The van der Waals surface area contributed by atoms with Gasteiger partial charge in [0.25, 0.3) is 0 Å². The summed E-state index contributed by atoms with van der Waals surface area (Å²) < 4.78 is 0. The highest BCUT2D eigenvalue weighted by Gasteiger charge is 2.19. The molecule has 0 saturated heterocycles. The largest absolute Gasteiger partial charge is 0.347 e. The highest BCUT2D eigenvalue weighted by atomic mass is 32.1. The number of amides is 1. The van der Waals surface area contributed by atoms with Gasteiger partial charge in [0.2, 0.25) is 5.91 Å². The molecule has 1 unspecified atom stereocenters. The first kappa shape index (κ1) is 16.1. The number of rotatable bonds is 8. The summed E-state index contributed by atoms with van der Waals surface area (Å²) >= 11 is 1.70. The molecule has 1 heterocycles. The van der Waals surface area contributed by atoms with Gasteiger partial charge in [0.05, 0.1) is 12.6 Å². The minimum atomic E-state index is 0.0886. The van der Waals surface area contributed by atoms with Crippen molar-refractivity contribution in [2.75, 3.05) is 33.7 Å². The van der Waals surface area contributed by atoms with Gasteiger partial charge < -0.3 is 10.6 Å². The number of hydrogen-bond acceptors (Lipinski definition) is 4. The Morgan fingerprint density at radius 2 is 2.21 bits per heavy atom. The third-order valence-electron chi connectivity index (χ3n) is 2.99. The summed E-state index contributed by atoms with van der Waals surface area (Å²) in [4.78, 5) is 15.3. The van der Waals surface area contributed by atoms with Gasteiger partial charge in [-0.2, -0.15) is 0 Å². The molecule has 0 aliphatic rings. The first-order valence-corrected chi connectivity index (χ1v) is 7.58. The average Bonchev–Trinajstić information content (AvgIpc) is 2.86. The molecule has 1 rings (SSSR count). The van der Waals surface area contributed by atoms with Gasteiger partial charge in [0.15, 0.2) is 0 Å². The Labute approximate surface area is 120 Å². The summed E-state index contributed by atoms with van der Waals surface area (Å²) in [5, 5.41) is 8.27. The van der Waals surface area contributed by atoms with E-state index in [0.717, 1.165) is 13.1 Å². The number of thiophene rings is 1. The minimum absolute atomic E-state index is 0.0886. The number of hydrogen-bond donors (Lipinski definition) is 2. The monoisotopic (exact) mass is 283 g/mol. The maximum Gasteiger partial charge on any atom is 0.234 e. The van der Waals surface area contributed by atoms with Gasteiger partial charge in [-0.15, -0.1) is 11.3 Å². The minimum Gasteiger partial charge on any atom is -0.347 e. The zero-order valence-corrected chi connectivity index (χ0v) is 13.1. The molecule has 1 aromatic heterocycles. The fourth-order valence-corrected chi connectivity index (χ4v) is 2.83. The van der Waals surface area contributed by atoms with Gasteiger partial charge in [0.1, 0.15) is 0 Å². The zero-order chi connectivity index (χ0) is 14.3. The second-order valence-electron chi connectivity index (χ2n) is 5.15. The van der Waals surface area contributed by atoms with Crippen molar-refractivity contribution in [3.05, 3.63) is 22.4 Å². The van der Waals surface area contributed by atoms with Crippen LogP contribution < -0.4 is 10.6 Å². The number of nitrogens with zero attached hydrogens (tertiary/aromatic N) is 1. The second-order valence-corrected chi connectivity index (χ2v) is 6.13. The van der Waals surface area contributed by atoms with Crippen LogP contribution in [0.4, 0.5) is 0 Å². The van der Waals surface area contributed by atoms with Gasteiger partial charge in [-0.1, -0.05) is 19.9 Å². The van der Waals surface area contributed by atoms with E-state index in [9.17, 15) is 4.79 Å². The van der Waals surface area contributed by atoms with Crippen LogP contribution in [0, 0.1) is 5.92 Å². The van der Waals surface area contributed by atoms with E-state index < -0.39 is 0 Å². The third kappa shape index (κ3) is 5.72. The Morgan fingerprint density at radius 1 is 1.47 bits per heavy atom. The number of likely N-dealkylation sites (N-methyl/N-ethyl adjacent to an activating group) is 2. The van der Waals surface area contributed by atoms with Crippen LogP contribution in [0.1, 0.15) is 24.8 Å². The van der Waals surface area contributed by atoms with Crippen molar-refractivity contribution in [2.45, 2.75) is 19.9 Å². The van der Waals surface area contributed by atoms with E-state index in [1.54, 1.807) is 11.3 Å². The quantitative estimate of drug-likeness (QED) is 0.763. The smallest absolute Gasteiger partial charge is 0.234 e. The molecule has 0 bridgehead atoms. The van der Waals surface area contributed by atoms with E-state index in [0.29, 0.717) is 12.5 Å². The van der Waals surface area contributed by atoms with E-state index in [4.69, 9.17) is 0 Å². The molecular weight excluding hydrogens is 258 g/mol. The van der Waals surface area contributed by atoms with Crippen molar-refractivity contribution >= 4 is 17.2 Å². The molecular formula is C14H25N3OS. The van der Waals surface area contributed by atoms with Crippen LogP contribution in [0.5, 0.6) is 0 Å². The lowest BCUT2D eigenvalue weighted by Crippen LogP contribution is -2.40. The Morgan fingerprint density at radius 3 is 2.74 bits per heavy atom. The molecule has 0 aromatic carbocycles. The molecule has 4 nitrogen and oxygen atoms in total. The van der Waals surface area contributed by atoms with E-state index in [1.165, 1.54) is 4.88 Å². The summed E-state index contributed by atoms with van der Waals surface area (Å²) in [5.41, 5.74) is 0. The summed E-state index contributed by atoms with van der Waals surface area (Å²) in [5.74, 6) is 0.482. The molecule has 1 amide bonds. The lowest BCUT2D eigenvalue weighted by atomic mass is 10.0. The summed E-state index contributed by atoms with van der Waals surface area (Å²) in [6.07, 6.45) is 0. The van der Waals surface area contributed by atoms with Gasteiger partial charge in [0, 0.05) is 18.0 Å². The fourth-order valence-electron chi connectivity index (χ4n) is 1.88. The van der Waals surface area contributed by atoms with Crippen molar-refractivity contribution in [1.82, 2.24) is 15.5 Å². The van der Waals surface area contributed by atoms with E-state index in [1.807, 2.05) is 25.1 Å². The standard InChI is InChI=1S/C14H25N3OS/c1-11(2)14(12-6-5-9-19-12)16-13(18)10-17(4)8-7-15-3/h5-6,9,11,14-15H,7-8,10H2,1-4H3,(H,16,18). The SMILES string of the molecule is CNCCN(C)CC(=O)NC(c1cccs1)C(C)C. The number of carbonyl (C=O) groups excluding carboxylic acids is 1. The van der Waals surface area contributed by atoms with Crippen molar-refractivity contribution in [3.8, 4) is 0 Å². The first-order chi connectivity index (χ1) is 9.04. The molecule has 1 aromatic rings. The van der Waals surface area contributed by atoms with Crippen molar-refractivity contribution in [1.29, 1.82) is 0 Å². The molecule has 19 heavy (non-hydrogen) atoms. The molecule has 0 aliphatic carbocycles. The Balaban J connectivity index is 2.49. The van der Waals surface area contributed by atoms with E-state index in [-0.39, 0.29) is 11.9 Å². The summed E-state index contributed by atoms with van der Waals surface area (Å²) in [6, 6.07) is 4.23. The summed E-state index contributed by atoms with van der Waals surface area (Å²) in [7, 11) is 3.88. The van der Waals surface area contributed by atoms with Crippen LogP contribution in [-0.2, 0) is 4.79 Å². The second kappa shape index (κ2) is 8.30. The van der Waals surface area contributed by atoms with Crippen molar-refractivity contribution in [3.63, 3.8) is 0 Å². The van der Waals surface area contributed by atoms with Crippen LogP contribution in [0.15, 0.2) is 17.5 Å². The van der Waals surface area contributed by atoms with Crippen LogP contribution in [0.3, 0.4) is 0 Å². The molecule has 0 spiro atoms. The maximum atomic E-state index is 12.1. The molecule has 0 aliphatic heterocycles. The lowest BCUT2D eigenvalue weighted by Gasteiger charge is -2.23. The average molecular weight is 283 g/mol. The van der Waals surface area contributed by atoms with E-state index >= 15 is 0 Å². The Kier molecular flexibility index (Phi) is 7.05. The Bertz CT molecular complexity index is 365. The first-order valence-electron chi connectivity index (χ1n) is 6.70. The predicted octanol–water partition coefficient (Wildman–Crippen LogP) is 1.71. The molecule has 2 N–H and O–H groups in total. The van der Waals surface area contributed by atoms with Gasteiger partial charge in [-0.05, 0) is 31.5 Å². The highest BCUT2D eigenvalue weighted by molar-refractivity contribution is 7.10. The van der Waals surface area contributed by atoms with E-state index in [2.05, 4.69) is 35.9 Å². The molecule has 1 atom stereocenters. The number of nitrogens with one attached hydrogen (secondary N) is 2. The topological polar surface area (TPSA) is 44.4 Å². The highest BCUT2D eigenvalue weighted by Crippen LogP contribution is 2.25. The van der Waals surface area contributed by atoms with Crippen molar-refractivity contribution < 1.29 is 4.79 Å². The maximum absolute atomic E-state index is 12.1. The molecule has 5 heteroatoms. The normalized spacial score (nSPS) is 12.9. The fraction of sp³-hybridized carbons (Fsp3) is 0.643. The lowest BCUT2D eigenvalue weighted by molar-refractivity contribution is -0.123. The predicted molar refractivity (Wildman–Crippen MR) is 81.5 cm³/mol. The third-order valence-corrected chi connectivity index (χ3v) is 3.95. The van der Waals surface area contributed by atoms with Gasteiger partial charge >= 0.3 is 0 Å². The number of carbonyl (C=O) groups is 1. The molecule has 0 saturated carbocycles. The van der Waals surface area contributed by atoms with Crippen LogP contribution in [0.25, 0.3) is 0 Å². The summed E-state index contributed by atoms with van der Waals surface area (Å²) in [6.45, 7) is 6.47.